The van der Waals surface area contributed by atoms with E-state index in [0.29, 0.717) is 11.2 Å². The zero-order chi connectivity index (χ0) is 15.1. The summed E-state index contributed by atoms with van der Waals surface area (Å²) >= 11 is 0. The molecule has 3 aromatic rings. The lowest BCUT2D eigenvalue weighted by atomic mass is 10.4. The molecule has 9 nitrogen and oxygen atoms in total. The second-order valence-corrected chi connectivity index (χ2v) is 5.01. The first-order valence-electron chi connectivity index (χ1n) is 6.42. The van der Waals surface area contributed by atoms with Gasteiger partial charge in [-0.25, -0.2) is 14.8 Å². The van der Waals surface area contributed by atoms with Crippen molar-refractivity contribution >= 4 is 11.2 Å². The molecule has 0 saturated heterocycles. The van der Waals surface area contributed by atoms with Crippen molar-refractivity contribution in [1.82, 2.24) is 28.9 Å². The van der Waals surface area contributed by atoms with E-state index in [0.717, 1.165) is 0 Å². The fourth-order valence-electron chi connectivity index (χ4n) is 2.05. The highest BCUT2D eigenvalue weighted by Crippen LogP contribution is 2.04. The number of rotatable bonds is 3. The van der Waals surface area contributed by atoms with E-state index in [9.17, 15) is 9.59 Å². The van der Waals surface area contributed by atoms with Gasteiger partial charge in [-0.05, 0) is 13.8 Å². The summed E-state index contributed by atoms with van der Waals surface area (Å²) in [5.41, 5.74) is 0.512. The molecule has 0 saturated carbocycles. The monoisotopic (exact) mass is 290 g/mol. The number of aryl methyl sites for hydroxylation is 1. The predicted molar refractivity (Wildman–Crippen MR) is 73.0 cm³/mol. The van der Waals surface area contributed by atoms with Crippen LogP contribution in [0.3, 0.4) is 0 Å². The van der Waals surface area contributed by atoms with Crippen LogP contribution in [0.4, 0.5) is 0 Å². The maximum Gasteiger partial charge on any atom is 0.437 e. The lowest BCUT2D eigenvalue weighted by Gasteiger charge is -2.02. The average molecular weight is 290 g/mol. The molecule has 0 atom stereocenters. The van der Waals surface area contributed by atoms with E-state index in [1.54, 1.807) is 11.6 Å². The Kier molecular flexibility index (Phi) is 2.96. The zero-order valence-corrected chi connectivity index (χ0v) is 11.8. The van der Waals surface area contributed by atoms with Crippen LogP contribution in [-0.4, -0.2) is 28.9 Å². The molecule has 0 N–H and O–H groups in total. The van der Waals surface area contributed by atoms with Gasteiger partial charge in [0.25, 0.3) is 5.56 Å². The molecule has 0 bridgehead atoms. The second-order valence-electron chi connectivity index (χ2n) is 5.01. The standard InChI is InChI=1S/C12H14N6O3/c1-7(2)18-12(20)21-8(15-18)4-17-6-14-10-9(11(17)19)16(3)5-13-10/h5-7H,4H2,1-3H3. The highest BCUT2D eigenvalue weighted by molar-refractivity contribution is 5.68. The maximum atomic E-state index is 12.3. The molecule has 0 aromatic carbocycles. The smallest absolute Gasteiger partial charge is 0.390 e. The van der Waals surface area contributed by atoms with Crippen LogP contribution in [-0.2, 0) is 13.6 Å². The molecule has 0 amide bonds. The van der Waals surface area contributed by atoms with Crippen molar-refractivity contribution in [2.24, 2.45) is 7.05 Å². The Bertz CT molecular complexity index is 913. The van der Waals surface area contributed by atoms with Crippen LogP contribution in [0.2, 0.25) is 0 Å². The molecule has 0 unspecified atom stereocenters. The molecule has 3 rings (SSSR count). The van der Waals surface area contributed by atoms with Gasteiger partial charge in [0.15, 0.2) is 11.2 Å². The molecular formula is C12H14N6O3. The summed E-state index contributed by atoms with van der Waals surface area (Å²) in [5.74, 6) is -0.373. The average Bonchev–Trinajstić information content (AvgIpc) is 2.97. The molecular weight excluding hydrogens is 276 g/mol. The van der Waals surface area contributed by atoms with Crippen LogP contribution >= 0.6 is 0 Å². The summed E-state index contributed by atoms with van der Waals surface area (Å²) in [7, 11) is 1.72. The summed E-state index contributed by atoms with van der Waals surface area (Å²) in [6.07, 6.45) is 2.89. The molecule has 0 spiro atoms. The van der Waals surface area contributed by atoms with Crippen LogP contribution < -0.4 is 11.3 Å². The Labute approximate surface area is 118 Å². The minimum atomic E-state index is -0.539. The third kappa shape index (κ3) is 2.16. The molecule has 3 aromatic heterocycles. The fraction of sp³-hybridized carbons (Fsp3) is 0.417. The van der Waals surface area contributed by atoms with Crippen molar-refractivity contribution in [3.8, 4) is 0 Å². The van der Waals surface area contributed by atoms with Crippen molar-refractivity contribution in [3.05, 3.63) is 39.4 Å². The van der Waals surface area contributed by atoms with Gasteiger partial charge < -0.3 is 8.98 Å². The Balaban J connectivity index is 2.04. The summed E-state index contributed by atoms with van der Waals surface area (Å²) in [6.45, 7) is 3.69. The highest BCUT2D eigenvalue weighted by atomic mass is 16.4. The van der Waals surface area contributed by atoms with Gasteiger partial charge in [0.2, 0.25) is 5.89 Å². The maximum absolute atomic E-state index is 12.3. The Morgan fingerprint density at radius 2 is 1.95 bits per heavy atom. The Morgan fingerprint density at radius 3 is 2.62 bits per heavy atom. The van der Waals surface area contributed by atoms with E-state index in [2.05, 4.69) is 15.1 Å². The van der Waals surface area contributed by atoms with Gasteiger partial charge >= 0.3 is 5.76 Å². The number of hydrogen-bond acceptors (Lipinski definition) is 6. The third-order valence-corrected chi connectivity index (χ3v) is 3.11. The highest BCUT2D eigenvalue weighted by Gasteiger charge is 2.14. The van der Waals surface area contributed by atoms with Crippen LogP contribution in [0.15, 0.2) is 26.7 Å². The first kappa shape index (κ1) is 13.3. The van der Waals surface area contributed by atoms with Gasteiger partial charge in [0.05, 0.1) is 12.4 Å². The summed E-state index contributed by atoms with van der Waals surface area (Å²) in [4.78, 5) is 32.1. The molecule has 0 fully saturated rings. The second kappa shape index (κ2) is 4.69. The van der Waals surface area contributed by atoms with Crippen LogP contribution in [0.5, 0.6) is 0 Å². The SMILES string of the molecule is CC(C)n1nc(Cn2cnc3ncn(C)c3c2=O)oc1=O. The number of nitrogens with zero attached hydrogens (tertiary/aromatic N) is 6. The van der Waals surface area contributed by atoms with E-state index in [1.807, 2.05) is 13.8 Å². The zero-order valence-electron chi connectivity index (χ0n) is 11.8. The summed E-state index contributed by atoms with van der Waals surface area (Å²) < 4.78 is 9.21. The first-order valence-corrected chi connectivity index (χ1v) is 6.42. The van der Waals surface area contributed by atoms with Gasteiger partial charge in [0.1, 0.15) is 12.9 Å². The number of fused-ring (bicyclic) bond motifs is 1. The normalized spacial score (nSPS) is 11.6. The van der Waals surface area contributed by atoms with Crippen molar-refractivity contribution in [2.75, 3.05) is 0 Å². The van der Waals surface area contributed by atoms with Crippen LogP contribution in [0, 0.1) is 0 Å². The van der Waals surface area contributed by atoms with Crippen molar-refractivity contribution in [3.63, 3.8) is 0 Å². The number of hydrogen-bond donors (Lipinski definition) is 0. The lowest BCUT2D eigenvalue weighted by molar-refractivity contribution is 0.423. The molecule has 110 valence electrons. The Morgan fingerprint density at radius 1 is 1.24 bits per heavy atom. The van der Waals surface area contributed by atoms with E-state index < -0.39 is 5.76 Å². The minimum Gasteiger partial charge on any atom is -0.390 e. The van der Waals surface area contributed by atoms with Crippen molar-refractivity contribution < 1.29 is 4.42 Å². The van der Waals surface area contributed by atoms with Gasteiger partial charge in [-0.1, -0.05) is 0 Å². The van der Waals surface area contributed by atoms with Crippen LogP contribution in [0.1, 0.15) is 25.8 Å². The molecule has 0 aliphatic rings. The van der Waals surface area contributed by atoms with E-state index in [1.165, 1.54) is 21.9 Å². The lowest BCUT2D eigenvalue weighted by Crippen LogP contribution is -2.22. The third-order valence-electron chi connectivity index (χ3n) is 3.11. The molecule has 0 radical (unpaired) electrons. The van der Waals surface area contributed by atoms with Crippen molar-refractivity contribution in [2.45, 2.75) is 26.4 Å². The fourth-order valence-corrected chi connectivity index (χ4v) is 2.05. The van der Waals surface area contributed by atoms with Gasteiger partial charge in [-0.15, -0.1) is 5.10 Å². The molecule has 9 heteroatoms. The molecule has 3 heterocycles. The number of imidazole rings is 1. The molecule has 0 aliphatic carbocycles. The van der Waals surface area contributed by atoms with E-state index in [4.69, 9.17) is 4.42 Å². The predicted octanol–water partition coefficient (Wildman–Crippen LogP) is -0.0911. The van der Waals surface area contributed by atoms with E-state index >= 15 is 0 Å². The van der Waals surface area contributed by atoms with Gasteiger partial charge in [-0.2, -0.15) is 4.68 Å². The Hall–Kier alpha value is -2.71. The topological polar surface area (TPSA) is 101 Å². The van der Waals surface area contributed by atoms with Crippen LogP contribution in [0.25, 0.3) is 11.2 Å². The largest absolute Gasteiger partial charge is 0.437 e. The van der Waals surface area contributed by atoms with Gasteiger partial charge in [-0.3, -0.25) is 9.36 Å². The summed E-state index contributed by atoms with van der Waals surface area (Å²) in [6, 6.07) is -0.107. The minimum absolute atomic E-state index is 0.0436. The van der Waals surface area contributed by atoms with Crippen molar-refractivity contribution in [1.29, 1.82) is 0 Å². The van der Waals surface area contributed by atoms with Gasteiger partial charge in [0, 0.05) is 7.05 Å². The van der Waals surface area contributed by atoms with E-state index in [-0.39, 0.29) is 24.0 Å². The molecule has 0 aliphatic heterocycles. The quantitative estimate of drug-likeness (QED) is 0.668. The molecule has 21 heavy (non-hydrogen) atoms. The first-order chi connectivity index (χ1) is 9.97. The summed E-state index contributed by atoms with van der Waals surface area (Å²) in [5, 5.41) is 4.06. The number of aromatic nitrogens is 6.